The van der Waals surface area contributed by atoms with E-state index >= 15 is 0 Å². The maximum Gasteiger partial charge on any atom is 0.274 e. The fraction of sp³-hybridized carbons (Fsp3) is 0.143. The van der Waals surface area contributed by atoms with Crippen LogP contribution in [0.15, 0.2) is 60.8 Å². The molecule has 27 heavy (non-hydrogen) atoms. The Balaban J connectivity index is 1.73. The lowest BCUT2D eigenvalue weighted by atomic mass is 10.2. The Morgan fingerprint density at radius 1 is 1.15 bits per heavy atom. The van der Waals surface area contributed by atoms with Crippen LogP contribution in [0.3, 0.4) is 0 Å². The lowest BCUT2D eigenvalue weighted by Gasteiger charge is -2.12. The van der Waals surface area contributed by atoms with E-state index < -0.39 is 0 Å². The van der Waals surface area contributed by atoms with Gasteiger partial charge in [-0.25, -0.2) is 0 Å². The van der Waals surface area contributed by atoms with E-state index in [0.717, 1.165) is 16.8 Å². The number of hydrogen-bond acceptors (Lipinski definition) is 4. The van der Waals surface area contributed by atoms with Crippen LogP contribution in [0.4, 0.5) is 11.4 Å². The highest BCUT2D eigenvalue weighted by Gasteiger charge is 2.13. The molecule has 3 aromatic rings. The summed E-state index contributed by atoms with van der Waals surface area (Å²) in [7, 11) is 1.53. The molecule has 1 heterocycles. The van der Waals surface area contributed by atoms with Crippen molar-refractivity contribution in [1.29, 1.82) is 0 Å². The Morgan fingerprint density at radius 2 is 1.93 bits per heavy atom. The predicted molar refractivity (Wildman–Crippen MR) is 109 cm³/mol. The first-order valence-electron chi connectivity index (χ1n) is 8.46. The summed E-state index contributed by atoms with van der Waals surface area (Å²) in [6.45, 7) is 2.53. The van der Waals surface area contributed by atoms with Crippen LogP contribution in [0.5, 0.6) is 5.75 Å². The van der Waals surface area contributed by atoms with Gasteiger partial charge in [0.15, 0.2) is 0 Å². The highest BCUT2D eigenvalue weighted by atomic mass is 35.5. The van der Waals surface area contributed by atoms with Crippen LogP contribution in [0.2, 0.25) is 5.02 Å². The summed E-state index contributed by atoms with van der Waals surface area (Å²) >= 11 is 6.11. The second-order valence-corrected chi connectivity index (χ2v) is 6.43. The van der Waals surface area contributed by atoms with Gasteiger partial charge in [0.05, 0.1) is 12.8 Å². The highest BCUT2D eigenvalue weighted by molar-refractivity contribution is 6.31. The number of nitrogens with one attached hydrogen (secondary N) is 2. The van der Waals surface area contributed by atoms with Gasteiger partial charge >= 0.3 is 0 Å². The molecular weight excluding hydrogens is 362 g/mol. The molecule has 2 aromatic carbocycles. The third kappa shape index (κ3) is 4.77. The largest absolute Gasteiger partial charge is 0.495 e. The van der Waals surface area contributed by atoms with Gasteiger partial charge in [-0.2, -0.15) is 0 Å². The Morgan fingerprint density at radius 3 is 2.67 bits per heavy atom. The van der Waals surface area contributed by atoms with Crippen LogP contribution in [0, 0.1) is 6.92 Å². The number of aromatic nitrogens is 1. The molecule has 0 aliphatic rings. The number of pyridine rings is 1. The number of methoxy groups -OCH3 is 1. The number of ether oxygens (including phenoxy) is 1. The van der Waals surface area contributed by atoms with Gasteiger partial charge in [-0.3, -0.25) is 9.78 Å². The first kappa shape index (κ1) is 18.7. The van der Waals surface area contributed by atoms with Crippen LogP contribution in [0.1, 0.15) is 21.6 Å². The van der Waals surface area contributed by atoms with Gasteiger partial charge in [0.1, 0.15) is 11.4 Å². The highest BCUT2D eigenvalue weighted by Crippen LogP contribution is 2.31. The summed E-state index contributed by atoms with van der Waals surface area (Å²) in [5.41, 5.74) is 3.68. The maximum absolute atomic E-state index is 12.6. The van der Waals surface area contributed by atoms with Gasteiger partial charge in [0.25, 0.3) is 5.91 Å². The Bertz CT molecular complexity index is 945. The monoisotopic (exact) mass is 381 g/mol. The Hall–Kier alpha value is -3.05. The van der Waals surface area contributed by atoms with Gasteiger partial charge < -0.3 is 15.4 Å². The van der Waals surface area contributed by atoms with E-state index in [1.807, 2.05) is 43.3 Å². The molecule has 6 heteroatoms. The number of anilines is 2. The molecule has 0 aliphatic heterocycles. The second kappa shape index (κ2) is 8.56. The normalized spacial score (nSPS) is 10.3. The molecule has 0 bridgehead atoms. The summed E-state index contributed by atoms with van der Waals surface area (Å²) < 4.78 is 5.30. The molecule has 2 N–H and O–H groups in total. The predicted octanol–water partition coefficient (Wildman–Crippen LogP) is 4.92. The fourth-order valence-corrected chi connectivity index (χ4v) is 2.73. The number of nitrogens with zero attached hydrogens (tertiary/aromatic N) is 1. The minimum Gasteiger partial charge on any atom is -0.495 e. The standard InChI is InChI=1S/C21H20ClN3O2/c1-14-10-18(20(27-2)12-17(14)22)25-21(26)19-11-16(8-9-23-19)24-13-15-6-4-3-5-7-15/h3-12H,13H2,1-2H3,(H,23,24)(H,25,26). The first-order chi connectivity index (χ1) is 13.1. The summed E-state index contributed by atoms with van der Waals surface area (Å²) in [6.07, 6.45) is 1.60. The van der Waals surface area contributed by atoms with Crippen molar-refractivity contribution in [1.82, 2.24) is 4.98 Å². The van der Waals surface area contributed by atoms with Gasteiger partial charge in [-0.15, -0.1) is 0 Å². The lowest BCUT2D eigenvalue weighted by Crippen LogP contribution is -2.15. The smallest absolute Gasteiger partial charge is 0.274 e. The molecule has 138 valence electrons. The van der Waals surface area contributed by atoms with Gasteiger partial charge in [-0.1, -0.05) is 41.9 Å². The van der Waals surface area contributed by atoms with E-state index in [0.29, 0.717) is 28.7 Å². The number of amides is 1. The molecule has 0 saturated carbocycles. The third-order valence-corrected chi connectivity index (χ3v) is 4.47. The molecule has 0 radical (unpaired) electrons. The fourth-order valence-electron chi connectivity index (χ4n) is 2.58. The zero-order valence-electron chi connectivity index (χ0n) is 15.1. The van der Waals surface area contributed by atoms with Crippen molar-refractivity contribution in [2.45, 2.75) is 13.5 Å². The van der Waals surface area contributed by atoms with E-state index in [1.165, 1.54) is 7.11 Å². The van der Waals surface area contributed by atoms with E-state index in [1.54, 1.807) is 24.4 Å². The topological polar surface area (TPSA) is 63.2 Å². The SMILES string of the molecule is COc1cc(Cl)c(C)cc1NC(=O)c1cc(NCc2ccccc2)ccn1. The van der Waals surface area contributed by atoms with Crippen LogP contribution in [-0.2, 0) is 6.54 Å². The van der Waals surface area contributed by atoms with E-state index in [4.69, 9.17) is 16.3 Å². The van der Waals surface area contributed by atoms with E-state index in [2.05, 4.69) is 15.6 Å². The molecule has 1 amide bonds. The van der Waals surface area contributed by atoms with E-state index in [-0.39, 0.29) is 5.91 Å². The summed E-state index contributed by atoms with van der Waals surface area (Å²) in [6, 6.07) is 17.0. The van der Waals surface area contributed by atoms with Crippen molar-refractivity contribution in [3.8, 4) is 5.75 Å². The number of carbonyl (C=O) groups excluding carboxylic acids is 1. The summed E-state index contributed by atoms with van der Waals surface area (Å²) in [5, 5.41) is 6.71. The molecule has 0 unspecified atom stereocenters. The van der Waals surface area contributed by atoms with Crippen molar-refractivity contribution in [2.75, 3.05) is 17.7 Å². The van der Waals surface area contributed by atoms with Crippen LogP contribution < -0.4 is 15.4 Å². The zero-order chi connectivity index (χ0) is 19.2. The minimum atomic E-state index is -0.321. The summed E-state index contributed by atoms with van der Waals surface area (Å²) in [5.74, 6) is 0.177. The number of halogens is 1. The van der Waals surface area contributed by atoms with Crippen molar-refractivity contribution in [3.05, 3.63) is 82.6 Å². The molecule has 0 spiro atoms. The van der Waals surface area contributed by atoms with Gasteiger partial charge in [0, 0.05) is 29.5 Å². The van der Waals surface area contributed by atoms with Crippen molar-refractivity contribution in [2.24, 2.45) is 0 Å². The average molecular weight is 382 g/mol. The van der Waals surface area contributed by atoms with Crippen molar-refractivity contribution in [3.63, 3.8) is 0 Å². The Kier molecular flexibility index (Phi) is 5.94. The molecule has 3 rings (SSSR count). The second-order valence-electron chi connectivity index (χ2n) is 6.02. The minimum absolute atomic E-state index is 0.308. The molecule has 0 atom stereocenters. The number of aryl methyl sites for hydroxylation is 1. The molecule has 0 fully saturated rings. The molecule has 5 nitrogen and oxygen atoms in total. The van der Waals surface area contributed by atoms with Crippen molar-refractivity contribution < 1.29 is 9.53 Å². The van der Waals surface area contributed by atoms with Gasteiger partial charge in [0.2, 0.25) is 0 Å². The maximum atomic E-state index is 12.6. The Labute approximate surface area is 163 Å². The van der Waals surface area contributed by atoms with Gasteiger partial charge in [-0.05, 0) is 36.2 Å². The molecule has 1 aromatic heterocycles. The number of carbonyl (C=O) groups is 1. The average Bonchev–Trinajstić information content (AvgIpc) is 2.70. The van der Waals surface area contributed by atoms with E-state index in [9.17, 15) is 4.79 Å². The quantitative estimate of drug-likeness (QED) is 0.636. The molecule has 0 aliphatic carbocycles. The van der Waals surface area contributed by atoms with Crippen LogP contribution >= 0.6 is 11.6 Å². The lowest BCUT2D eigenvalue weighted by molar-refractivity contribution is 0.102. The van der Waals surface area contributed by atoms with Crippen LogP contribution in [-0.4, -0.2) is 18.0 Å². The number of rotatable bonds is 6. The van der Waals surface area contributed by atoms with Crippen LogP contribution in [0.25, 0.3) is 0 Å². The zero-order valence-corrected chi connectivity index (χ0v) is 15.9. The number of benzene rings is 2. The number of hydrogen-bond donors (Lipinski definition) is 2. The molecular formula is C21H20ClN3O2. The van der Waals surface area contributed by atoms with Crippen molar-refractivity contribution >= 4 is 28.9 Å². The molecule has 0 saturated heterocycles. The third-order valence-electron chi connectivity index (χ3n) is 4.06. The first-order valence-corrected chi connectivity index (χ1v) is 8.84. The summed E-state index contributed by atoms with van der Waals surface area (Å²) in [4.78, 5) is 16.8.